The van der Waals surface area contributed by atoms with Crippen LogP contribution in [0, 0.1) is 11.3 Å². The minimum atomic E-state index is -0.205. The molecule has 0 fully saturated rings. The Morgan fingerprint density at radius 2 is 2.17 bits per heavy atom. The molecule has 2 atom stereocenters. The maximum absolute atomic E-state index is 11.3. The van der Waals surface area contributed by atoms with Crippen LogP contribution in [-0.2, 0) is 4.79 Å². The van der Waals surface area contributed by atoms with Crippen molar-refractivity contribution in [1.29, 1.82) is 5.26 Å². The lowest BCUT2D eigenvalue weighted by Gasteiger charge is -2.21. The number of rotatable bonds is 5. The second kappa shape index (κ2) is 6.53. The largest absolute Gasteiger partial charge is 0.497 e. The van der Waals surface area contributed by atoms with Crippen molar-refractivity contribution in [1.82, 2.24) is 0 Å². The second-order valence-electron chi connectivity index (χ2n) is 5.61. The number of ether oxygens (including phenoxy) is 1. The Morgan fingerprint density at radius 3 is 2.83 bits per heavy atom. The van der Waals surface area contributed by atoms with E-state index in [0.717, 1.165) is 34.4 Å². The standard InChI is InChI=1S/C19H18N2O2/c1-23-15-9-17(19-14(11-20)12-21-18(19)10-15)16(7-8-22)13-5-3-2-4-6-13/h2-6,8-10,14,16,21H,7,12H2,1H3. The summed E-state index contributed by atoms with van der Waals surface area (Å²) in [6.45, 7) is 0.592. The Bertz CT molecular complexity index is 750. The van der Waals surface area contributed by atoms with Gasteiger partial charge in [-0.15, -0.1) is 0 Å². The van der Waals surface area contributed by atoms with Gasteiger partial charge in [0.1, 0.15) is 12.0 Å². The molecular weight excluding hydrogens is 288 g/mol. The first-order chi connectivity index (χ1) is 11.3. The van der Waals surface area contributed by atoms with Crippen LogP contribution in [0.3, 0.4) is 0 Å². The first kappa shape index (κ1) is 15.1. The van der Waals surface area contributed by atoms with Crippen LogP contribution in [0.25, 0.3) is 0 Å². The van der Waals surface area contributed by atoms with Gasteiger partial charge < -0.3 is 14.8 Å². The molecule has 1 N–H and O–H groups in total. The summed E-state index contributed by atoms with van der Waals surface area (Å²) in [6.07, 6.45) is 1.31. The number of nitrogens with zero attached hydrogens (tertiary/aromatic N) is 1. The van der Waals surface area contributed by atoms with Gasteiger partial charge in [0.15, 0.2) is 0 Å². The number of methoxy groups -OCH3 is 1. The van der Waals surface area contributed by atoms with Crippen LogP contribution in [-0.4, -0.2) is 19.9 Å². The molecule has 1 aliphatic heterocycles. The van der Waals surface area contributed by atoms with Gasteiger partial charge in [-0.25, -0.2) is 0 Å². The summed E-state index contributed by atoms with van der Waals surface area (Å²) >= 11 is 0. The normalized spacial score (nSPS) is 16.8. The molecule has 1 heterocycles. The van der Waals surface area contributed by atoms with E-state index in [4.69, 9.17) is 4.74 Å². The molecule has 0 aliphatic carbocycles. The molecule has 2 aromatic carbocycles. The summed E-state index contributed by atoms with van der Waals surface area (Å²) in [4.78, 5) is 11.3. The third-order valence-corrected chi connectivity index (χ3v) is 4.33. The van der Waals surface area contributed by atoms with Crippen molar-refractivity contribution >= 4 is 12.0 Å². The van der Waals surface area contributed by atoms with Crippen molar-refractivity contribution in [3.63, 3.8) is 0 Å². The average molecular weight is 306 g/mol. The molecular formula is C19H18N2O2. The summed E-state index contributed by atoms with van der Waals surface area (Å²) in [6, 6.07) is 16.1. The number of hydrogen-bond acceptors (Lipinski definition) is 4. The fourth-order valence-corrected chi connectivity index (χ4v) is 3.24. The van der Waals surface area contributed by atoms with Crippen molar-refractivity contribution < 1.29 is 9.53 Å². The van der Waals surface area contributed by atoms with Gasteiger partial charge in [-0.2, -0.15) is 5.26 Å². The van der Waals surface area contributed by atoms with Gasteiger partial charge in [-0.3, -0.25) is 0 Å². The maximum Gasteiger partial charge on any atom is 0.121 e. The van der Waals surface area contributed by atoms with Gasteiger partial charge in [0.05, 0.1) is 19.1 Å². The second-order valence-corrected chi connectivity index (χ2v) is 5.61. The van der Waals surface area contributed by atoms with E-state index in [1.165, 1.54) is 0 Å². The third-order valence-electron chi connectivity index (χ3n) is 4.33. The highest BCUT2D eigenvalue weighted by Crippen LogP contribution is 2.42. The average Bonchev–Trinajstić information content (AvgIpc) is 3.02. The van der Waals surface area contributed by atoms with Crippen molar-refractivity contribution in [3.05, 3.63) is 59.2 Å². The summed E-state index contributed by atoms with van der Waals surface area (Å²) in [5.41, 5.74) is 3.98. The SMILES string of the molecule is COc1cc2c(c(C(CC=O)c3ccccc3)c1)C(C#N)CN2. The molecule has 0 saturated heterocycles. The van der Waals surface area contributed by atoms with Crippen LogP contribution in [0.5, 0.6) is 5.75 Å². The van der Waals surface area contributed by atoms with E-state index in [2.05, 4.69) is 11.4 Å². The predicted octanol–water partition coefficient (Wildman–Crippen LogP) is 3.45. The first-order valence-electron chi connectivity index (χ1n) is 7.62. The quantitative estimate of drug-likeness (QED) is 0.859. The molecule has 4 nitrogen and oxygen atoms in total. The Kier molecular flexibility index (Phi) is 4.29. The number of carbonyl (C=O) groups is 1. The number of aldehydes is 1. The van der Waals surface area contributed by atoms with E-state index in [9.17, 15) is 10.1 Å². The van der Waals surface area contributed by atoms with Gasteiger partial charge in [0.2, 0.25) is 0 Å². The predicted molar refractivity (Wildman–Crippen MR) is 88.8 cm³/mol. The van der Waals surface area contributed by atoms with Crippen LogP contribution >= 0.6 is 0 Å². The number of benzene rings is 2. The highest BCUT2D eigenvalue weighted by atomic mass is 16.5. The fraction of sp³-hybridized carbons (Fsp3) is 0.263. The fourth-order valence-electron chi connectivity index (χ4n) is 3.24. The zero-order chi connectivity index (χ0) is 16.2. The van der Waals surface area contributed by atoms with Crippen molar-refractivity contribution in [2.24, 2.45) is 0 Å². The lowest BCUT2D eigenvalue weighted by atomic mass is 9.83. The molecule has 2 unspecified atom stereocenters. The summed E-state index contributed by atoms with van der Waals surface area (Å²) in [5.74, 6) is 0.453. The minimum Gasteiger partial charge on any atom is -0.497 e. The van der Waals surface area contributed by atoms with Crippen LogP contribution in [0.1, 0.15) is 34.9 Å². The van der Waals surface area contributed by atoms with E-state index in [1.807, 2.05) is 42.5 Å². The zero-order valence-electron chi connectivity index (χ0n) is 13.0. The molecule has 0 amide bonds. The molecule has 23 heavy (non-hydrogen) atoms. The topological polar surface area (TPSA) is 62.1 Å². The third kappa shape index (κ3) is 2.78. The number of anilines is 1. The molecule has 0 spiro atoms. The highest BCUT2D eigenvalue weighted by molar-refractivity contribution is 5.68. The van der Waals surface area contributed by atoms with Crippen LogP contribution in [0.2, 0.25) is 0 Å². The Hall–Kier alpha value is -2.80. The number of fused-ring (bicyclic) bond motifs is 1. The van der Waals surface area contributed by atoms with Crippen molar-refractivity contribution in [2.75, 3.05) is 19.0 Å². The maximum atomic E-state index is 11.3. The Balaban J connectivity index is 2.18. The summed E-state index contributed by atoms with van der Waals surface area (Å²) < 4.78 is 5.40. The molecule has 0 aromatic heterocycles. The minimum absolute atomic E-state index is 0.0756. The molecule has 4 heteroatoms. The number of nitriles is 1. The smallest absolute Gasteiger partial charge is 0.121 e. The number of carbonyl (C=O) groups excluding carboxylic acids is 1. The van der Waals surface area contributed by atoms with Gasteiger partial charge in [-0.1, -0.05) is 30.3 Å². The van der Waals surface area contributed by atoms with E-state index >= 15 is 0 Å². The van der Waals surface area contributed by atoms with Gasteiger partial charge in [0, 0.05) is 30.6 Å². The van der Waals surface area contributed by atoms with Crippen molar-refractivity contribution in [3.8, 4) is 11.8 Å². The van der Waals surface area contributed by atoms with E-state index in [0.29, 0.717) is 13.0 Å². The van der Waals surface area contributed by atoms with Gasteiger partial charge in [0.25, 0.3) is 0 Å². The van der Waals surface area contributed by atoms with Crippen LogP contribution in [0.15, 0.2) is 42.5 Å². The van der Waals surface area contributed by atoms with Crippen LogP contribution < -0.4 is 10.1 Å². The molecule has 0 saturated carbocycles. The van der Waals surface area contributed by atoms with E-state index < -0.39 is 0 Å². The van der Waals surface area contributed by atoms with E-state index in [1.54, 1.807) is 7.11 Å². The molecule has 0 radical (unpaired) electrons. The first-order valence-corrected chi connectivity index (χ1v) is 7.62. The van der Waals surface area contributed by atoms with Gasteiger partial charge >= 0.3 is 0 Å². The number of hydrogen-bond donors (Lipinski definition) is 1. The molecule has 2 aromatic rings. The zero-order valence-corrected chi connectivity index (χ0v) is 13.0. The van der Waals surface area contributed by atoms with Gasteiger partial charge in [-0.05, 0) is 22.8 Å². The molecule has 116 valence electrons. The van der Waals surface area contributed by atoms with Crippen LogP contribution in [0.4, 0.5) is 5.69 Å². The molecule has 3 rings (SSSR count). The van der Waals surface area contributed by atoms with E-state index in [-0.39, 0.29) is 11.8 Å². The molecule has 1 aliphatic rings. The summed E-state index contributed by atoms with van der Waals surface area (Å²) in [7, 11) is 1.62. The lowest BCUT2D eigenvalue weighted by molar-refractivity contribution is -0.108. The summed E-state index contributed by atoms with van der Waals surface area (Å²) in [5, 5.41) is 12.7. The monoisotopic (exact) mass is 306 g/mol. The highest BCUT2D eigenvalue weighted by Gasteiger charge is 2.29. The number of nitrogens with one attached hydrogen (secondary N) is 1. The molecule has 0 bridgehead atoms. The Morgan fingerprint density at radius 1 is 1.39 bits per heavy atom. The lowest BCUT2D eigenvalue weighted by Crippen LogP contribution is -2.08. The van der Waals surface area contributed by atoms with Crippen molar-refractivity contribution in [2.45, 2.75) is 18.3 Å². The Labute approximate surface area is 135 Å².